The van der Waals surface area contributed by atoms with E-state index in [0.717, 1.165) is 59.1 Å². The number of amides is 4. The molecule has 4 aromatic rings. The van der Waals surface area contributed by atoms with E-state index < -0.39 is 24.3 Å². The maximum absolute atomic E-state index is 14.0. The Kier molecular flexibility index (Phi) is 12.1. The molecule has 0 unspecified atom stereocenters. The van der Waals surface area contributed by atoms with Gasteiger partial charge in [-0.2, -0.15) is 0 Å². The highest BCUT2D eigenvalue weighted by Crippen LogP contribution is 2.35. The number of nitrogens with zero attached hydrogens (tertiary/aromatic N) is 4. The van der Waals surface area contributed by atoms with Gasteiger partial charge in [0.05, 0.1) is 49.2 Å². The maximum Gasteiger partial charge on any atom is 0.407 e. The van der Waals surface area contributed by atoms with Crippen molar-refractivity contribution in [2.75, 3.05) is 40.5 Å². The number of methoxy groups -OCH3 is 2. The Morgan fingerprint density at radius 2 is 1.44 bits per heavy atom. The highest BCUT2D eigenvalue weighted by atomic mass is 16.5. The van der Waals surface area contributed by atoms with Crippen LogP contribution in [0.5, 0.6) is 0 Å². The summed E-state index contributed by atoms with van der Waals surface area (Å²) < 4.78 is 15.1. The van der Waals surface area contributed by atoms with Gasteiger partial charge < -0.3 is 44.6 Å². The fraction of sp³-hybridized carbons (Fsp3) is 0.476. The van der Waals surface area contributed by atoms with Crippen molar-refractivity contribution < 1.29 is 33.4 Å². The first-order valence-electron chi connectivity index (χ1n) is 19.7. The smallest absolute Gasteiger partial charge is 0.407 e. The van der Waals surface area contributed by atoms with E-state index in [-0.39, 0.29) is 35.7 Å². The van der Waals surface area contributed by atoms with Crippen LogP contribution in [0.3, 0.4) is 0 Å². The molecule has 2 aromatic carbocycles. The van der Waals surface area contributed by atoms with Gasteiger partial charge in [-0.1, -0.05) is 37.8 Å². The Hall–Kier alpha value is -5.88. The van der Waals surface area contributed by atoms with Crippen LogP contribution in [-0.2, 0) is 23.8 Å². The quantitative estimate of drug-likeness (QED) is 0.166. The van der Waals surface area contributed by atoms with Gasteiger partial charge in [0.2, 0.25) is 11.8 Å². The van der Waals surface area contributed by atoms with Gasteiger partial charge in [-0.05, 0) is 86.3 Å². The molecule has 57 heavy (non-hydrogen) atoms. The van der Waals surface area contributed by atoms with Gasteiger partial charge in [-0.15, -0.1) is 0 Å². The molecule has 0 radical (unpaired) electrons. The SMILES string of the molecule is COC(=O)N[C@H](C(=O)N1CCC[C@H]1c1ncc(-c2ccc(C#Cc3ccc4nc([C@@H]5CCCN5C(=O)[C@@H](NC(=O)OC)C5CCOCC5)[nH]c4c3)cc2)[nH]1)C(C)C. The first kappa shape index (κ1) is 39.4. The summed E-state index contributed by atoms with van der Waals surface area (Å²) in [5.41, 5.74) is 5.05. The second-order valence-electron chi connectivity index (χ2n) is 15.2. The zero-order valence-electron chi connectivity index (χ0n) is 32.8. The topological polar surface area (TPSA) is 184 Å². The second-order valence-corrected chi connectivity index (χ2v) is 15.2. The molecule has 3 aliphatic heterocycles. The van der Waals surface area contributed by atoms with Gasteiger partial charge in [-0.3, -0.25) is 9.59 Å². The molecule has 0 aliphatic carbocycles. The molecule has 0 saturated carbocycles. The molecule has 4 N–H and O–H groups in total. The van der Waals surface area contributed by atoms with Crippen LogP contribution in [0.15, 0.2) is 48.7 Å². The van der Waals surface area contributed by atoms with Crippen LogP contribution in [0.25, 0.3) is 22.3 Å². The summed E-state index contributed by atoms with van der Waals surface area (Å²) >= 11 is 0. The zero-order valence-corrected chi connectivity index (χ0v) is 32.8. The van der Waals surface area contributed by atoms with Crippen molar-refractivity contribution in [3.8, 4) is 23.1 Å². The van der Waals surface area contributed by atoms with E-state index in [1.54, 1.807) is 11.1 Å². The Morgan fingerprint density at radius 1 is 0.807 bits per heavy atom. The fourth-order valence-electron chi connectivity index (χ4n) is 8.10. The number of benzene rings is 2. The van der Waals surface area contributed by atoms with Crippen molar-refractivity contribution in [3.63, 3.8) is 0 Å². The summed E-state index contributed by atoms with van der Waals surface area (Å²) in [6, 6.07) is 11.9. The average Bonchev–Trinajstić information content (AvgIpc) is 4.07. The lowest BCUT2D eigenvalue weighted by molar-refractivity contribution is -0.137. The Balaban J connectivity index is 1.01. The van der Waals surface area contributed by atoms with Crippen LogP contribution in [0.4, 0.5) is 9.59 Å². The number of fused-ring (bicyclic) bond motifs is 1. The molecule has 7 rings (SSSR count). The lowest BCUT2D eigenvalue weighted by Crippen LogP contribution is -2.53. The summed E-state index contributed by atoms with van der Waals surface area (Å²) in [5.74, 6) is 7.52. The van der Waals surface area contributed by atoms with Gasteiger partial charge in [-0.25, -0.2) is 19.6 Å². The number of hydrogen-bond acceptors (Lipinski definition) is 9. The van der Waals surface area contributed by atoms with Gasteiger partial charge in [0.1, 0.15) is 23.7 Å². The lowest BCUT2D eigenvalue weighted by atomic mass is 9.90. The van der Waals surface area contributed by atoms with Crippen LogP contribution in [0, 0.1) is 23.7 Å². The van der Waals surface area contributed by atoms with Crippen LogP contribution in [-0.4, -0.2) is 106 Å². The number of H-pyrrole nitrogens is 2. The van der Waals surface area contributed by atoms with Gasteiger partial charge >= 0.3 is 12.2 Å². The molecule has 3 aliphatic rings. The molecule has 15 heteroatoms. The van der Waals surface area contributed by atoms with E-state index >= 15 is 0 Å². The summed E-state index contributed by atoms with van der Waals surface area (Å²) in [6.45, 7) is 6.06. The summed E-state index contributed by atoms with van der Waals surface area (Å²) in [5, 5.41) is 5.49. The van der Waals surface area contributed by atoms with Gasteiger partial charge in [0.25, 0.3) is 0 Å². The molecule has 15 nitrogen and oxygen atoms in total. The Labute approximate surface area is 331 Å². The number of carbonyl (C=O) groups is 4. The number of carbonyl (C=O) groups excluding carboxylic acids is 4. The van der Waals surface area contributed by atoms with E-state index in [9.17, 15) is 19.2 Å². The van der Waals surface area contributed by atoms with E-state index in [1.807, 2.05) is 61.2 Å². The van der Waals surface area contributed by atoms with Crippen molar-refractivity contribution in [2.24, 2.45) is 11.8 Å². The first-order valence-corrected chi connectivity index (χ1v) is 19.7. The fourth-order valence-corrected chi connectivity index (χ4v) is 8.10. The second kappa shape index (κ2) is 17.5. The van der Waals surface area contributed by atoms with E-state index in [4.69, 9.17) is 19.2 Å². The lowest BCUT2D eigenvalue weighted by Gasteiger charge is -2.34. The third-order valence-corrected chi connectivity index (χ3v) is 11.2. The van der Waals surface area contributed by atoms with Crippen molar-refractivity contribution in [3.05, 3.63) is 71.4 Å². The highest BCUT2D eigenvalue weighted by molar-refractivity contribution is 5.87. The number of likely N-dealkylation sites (tertiary alicyclic amines) is 2. The van der Waals surface area contributed by atoms with Crippen LogP contribution in [0.1, 0.15) is 87.2 Å². The Morgan fingerprint density at radius 3 is 2.12 bits per heavy atom. The summed E-state index contributed by atoms with van der Waals surface area (Å²) in [4.78, 5) is 71.7. The predicted octanol–water partition coefficient (Wildman–Crippen LogP) is 5.21. The molecule has 4 atom stereocenters. The number of imidazole rings is 2. The molecule has 300 valence electrons. The summed E-state index contributed by atoms with van der Waals surface area (Å²) in [7, 11) is 2.59. The molecular weight excluding hydrogens is 729 g/mol. The first-order chi connectivity index (χ1) is 27.6. The third kappa shape index (κ3) is 8.76. The number of rotatable bonds is 9. The molecule has 0 spiro atoms. The number of alkyl carbamates (subject to hydrolysis) is 2. The third-order valence-electron chi connectivity index (χ3n) is 11.2. The number of nitrogens with one attached hydrogen (secondary N) is 4. The van der Waals surface area contributed by atoms with Gasteiger partial charge in [0, 0.05) is 37.4 Å². The Bertz CT molecular complexity index is 2150. The van der Waals surface area contributed by atoms with Crippen molar-refractivity contribution in [1.82, 2.24) is 40.4 Å². The average molecular weight is 779 g/mol. The molecule has 3 saturated heterocycles. The van der Waals surface area contributed by atoms with E-state index in [2.05, 4.69) is 37.4 Å². The number of hydrogen-bond donors (Lipinski definition) is 4. The standard InChI is InChI=1S/C42H50N8O7/c1-25(2)35(47-41(53)55-3)39(51)49-19-5-7-33(49)37-43-24-32(46-37)28-14-11-26(12-15-28)9-10-27-13-16-30-31(23-27)45-38(44-30)34-8-6-20-50(34)40(52)36(48-42(54)56-4)29-17-21-57-22-18-29/h11-16,23-25,29,33-36H,5-8,17-22H2,1-4H3,(H,43,46)(H,44,45)(H,47,53)(H,48,54)/t33-,34-,35-,36-/m0/s1. The van der Waals surface area contributed by atoms with Crippen LogP contribution >= 0.6 is 0 Å². The van der Waals surface area contributed by atoms with E-state index in [1.165, 1.54) is 14.2 Å². The van der Waals surface area contributed by atoms with Gasteiger partial charge in [0.15, 0.2) is 0 Å². The molecule has 3 fully saturated rings. The minimum absolute atomic E-state index is 0.0348. The minimum Gasteiger partial charge on any atom is -0.453 e. The van der Waals surface area contributed by atoms with Crippen LogP contribution < -0.4 is 10.6 Å². The van der Waals surface area contributed by atoms with E-state index in [0.29, 0.717) is 50.8 Å². The van der Waals surface area contributed by atoms with Crippen molar-refractivity contribution >= 4 is 35.0 Å². The normalized spacial score (nSPS) is 19.5. The highest BCUT2D eigenvalue weighted by Gasteiger charge is 2.40. The summed E-state index contributed by atoms with van der Waals surface area (Å²) in [6.07, 6.45) is 5.11. The molecular formula is C42H50N8O7. The van der Waals surface area contributed by atoms with Crippen LogP contribution in [0.2, 0.25) is 0 Å². The van der Waals surface area contributed by atoms with Crippen molar-refractivity contribution in [2.45, 2.75) is 76.5 Å². The maximum atomic E-state index is 14.0. The number of aromatic amines is 2. The number of aromatic nitrogens is 4. The molecule has 4 amide bonds. The minimum atomic E-state index is -0.695. The zero-order chi connectivity index (χ0) is 40.1. The number of ether oxygens (including phenoxy) is 3. The molecule has 0 bridgehead atoms. The monoisotopic (exact) mass is 778 g/mol. The molecule has 5 heterocycles. The molecule has 2 aromatic heterocycles. The predicted molar refractivity (Wildman–Crippen MR) is 211 cm³/mol. The largest absolute Gasteiger partial charge is 0.453 e. The van der Waals surface area contributed by atoms with Crippen molar-refractivity contribution in [1.29, 1.82) is 0 Å².